The van der Waals surface area contributed by atoms with Crippen molar-refractivity contribution in [3.8, 4) is 16.9 Å². The van der Waals surface area contributed by atoms with Crippen LogP contribution in [0.3, 0.4) is 0 Å². The van der Waals surface area contributed by atoms with Gasteiger partial charge in [-0.05, 0) is 72.6 Å². The number of hydrogen-bond acceptors (Lipinski definition) is 3. The Kier molecular flexibility index (Phi) is 23.1. The van der Waals surface area contributed by atoms with Gasteiger partial charge in [-0.1, -0.05) is 204 Å². The highest BCUT2D eigenvalue weighted by Crippen LogP contribution is 2.35. The number of hydrogen-bond donors (Lipinski definition) is 0. The lowest BCUT2D eigenvalue weighted by Gasteiger charge is -2.20. The van der Waals surface area contributed by atoms with E-state index >= 15 is 0 Å². The minimum absolute atomic E-state index is 0.0822. The topological polar surface area (TPSA) is 35.5 Å². The van der Waals surface area contributed by atoms with Gasteiger partial charge in [-0.2, -0.15) is 0 Å². The van der Waals surface area contributed by atoms with Gasteiger partial charge in [0.2, 0.25) is 0 Å². The zero-order valence-corrected chi connectivity index (χ0v) is 33.8. The van der Waals surface area contributed by atoms with Crippen molar-refractivity contribution in [2.75, 3.05) is 6.61 Å². The lowest BCUT2D eigenvalue weighted by molar-refractivity contribution is 0.0627. The van der Waals surface area contributed by atoms with Gasteiger partial charge in [0, 0.05) is 6.61 Å². The van der Waals surface area contributed by atoms with Crippen LogP contribution in [0.1, 0.15) is 209 Å². The zero-order chi connectivity index (χ0) is 37.1. The molecule has 0 aliphatic carbocycles. The average molecular weight is 711 g/mol. The Hall–Kier alpha value is -2.91. The number of esters is 1. The monoisotopic (exact) mass is 711 g/mol. The molecule has 0 N–H and O–H groups in total. The molecule has 3 aromatic rings. The third kappa shape index (κ3) is 17.3. The Balaban J connectivity index is 1.37. The highest BCUT2D eigenvalue weighted by molar-refractivity contribution is 5.91. The molecule has 0 aliphatic heterocycles. The fraction of sp³-hybridized carbons (Fsp3) is 0.612. The van der Waals surface area contributed by atoms with Crippen LogP contribution in [-0.2, 0) is 4.74 Å². The predicted molar refractivity (Wildman–Crippen MR) is 224 cm³/mol. The van der Waals surface area contributed by atoms with Gasteiger partial charge in [-0.15, -0.1) is 0 Å². The van der Waals surface area contributed by atoms with Crippen molar-refractivity contribution in [3.05, 3.63) is 89.5 Å². The van der Waals surface area contributed by atoms with Crippen molar-refractivity contribution in [1.29, 1.82) is 0 Å². The van der Waals surface area contributed by atoms with Crippen LogP contribution in [0.25, 0.3) is 11.1 Å². The molecule has 0 amide bonds. The van der Waals surface area contributed by atoms with Crippen LogP contribution >= 0.6 is 0 Å². The van der Waals surface area contributed by atoms with Crippen LogP contribution in [-0.4, -0.2) is 12.6 Å². The molecule has 0 fully saturated rings. The number of benzene rings is 3. The maximum atomic E-state index is 13.3. The third-order valence-corrected chi connectivity index (χ3v) is 10.8. The summed E-state index contributed by atoms with van der Waals surface area (Å²) < 4.78 is 12.2. The Bertz CT molecular complexity index is 1310. The Morgan fingerprint density at radius 2 is 1.00 bits per heavy atom. The summed E-state index contributed by atoms with van der Waals surface area (Å²) in [6.07, 6.45) is 30.4. The first-order valence-electron chi connectivity index (χ1n) is 21.7. The summed E-state index contributed by atoms with van der Waals surface area (Å²) in [7, 11) is 0. The van der Waals surface area contributed by atoms with E-state index in [4.69, 9.17) is 9.47 Å². The highest BCUT2D eigenvalue weighted by atomic mass is 16.5. The van der Waals surface area contributed by atoms with Gasteiger partial charge in [-0.25, -0.2) is 4.79 Å². The molecule has 3 heteroatoms. The zero-order valence-electron chi connectivity index (χ0n) is 33.8. The molecule has 2 atom stereocenters. The molecule has 0 saturated carbocycles. The van der Waals surface area contributed by atoms with E-state index in [1.54, 1.807) is 0 Å². The Morgan fingerprint density at radius 1 is 0.519 bits per heavy atom. The first-order valence-corrected chi connectivity index (χ1v) is 21.7. The van der Waals surface area contributed by atoms with E-state index in [0.29, 0.717) is 17.2 Å². The Morgan fingerprint density at radius 3 is 1.54 bits per heavy atom. The maximum Gasteiger partial charge on any atom is 0.343 e. The van der Waals surface area contributed by atoms with Crippen molar-refractivity contribution in [2.24, 2.45) is 0 Å². The fourth-order valence-corrected chi connectivity index (χ4v) is 7.44. The van der Waals surface area contributed by atoms with Gasteiger partial charge in [0.1, 0.15) is 5.75 Å². The third-order valence-electron chi connectivity index (χ3n) is 10.8. The number of carbonyl (C=O) groups excluding carboxylic acids is 1. The number of rotatable bonds is 30. The Labute approximate surface area is 319 Å². The van der Waals surface area contributed by atoms with Crippen LogP contribution in [0.5, 0.6) is 5.75 Å². The molecule has 0 aromatic heterocycles. The number of ether oxygens (including phenoxy) is 2. The molecule has 3 nitrogen and oxygen atoms in total. The van der Waals surface area contributed by atoms with Gasteiger partial charge in [0.05, 0.1) is 11.7 Å². The van der Waals surface area contributed by atoms with Crippen molar-refractivity contribution >= 4 is 5.97 Å². The first kappa shape index (κ1) is 43.5. The van der Waals surface area contributed by atoms with Gasteiger partial charge < -0.3 is 9.47 Å². The van der Waals surface area contributed by atoms with Crippen LogP contribution in [0, 0.1) is 0 Å². The smallest absolute Gasteiger partial charge is 0.343 e. The van der Waals surface area contributed by atoms with E-state index < -0.39 is 0 Å². The van der Waals surface area contributed by atoms with E-state index in [1.165, 1.54) is 133 Å². The summed E-state index contributed by atoms with van der Waals surface area (Å²) in [5, 5.41) is 0. The molecule has 0 spiro atoms. The molecule has 0 bridgehead atoms. The standard InChI is InChI=1S/C49H74O3/c1-5-8-10-12-14-15-16-17-18-19-20-21-23-27-40-51-41(4)42-32-34-43(35-33-42)44-36-38-46(39-37-44)49(50)52-48-31-26-25-30-47(48)45(28-7-3)29-24-22-13-11-9-6-2/h25-26,30-39,41,45H,5-24,27-29,40H2,1-4H3. The predicted octanol–water partition coefficient (Wildman–Crippen LogP) is 15.8. The van der Waals surface area contributed by atoms with E-state index in [0.717, 1.165) is 43.4 Å². The van der Waals surface area contributed by atoms with Gasteiger partial charge >= 0.3 is 5.97 Å². The summed E-state index contributed by atoms with van der Waals surface area (Å²) in [5.41, 5.74) is 5.15. The van der Waals surface area contributed by atoms with Crippen LogP contribution in [0.2, 0.25) is 0 Å². The van der Waals surface area contributed by atoms with Gasteiger partial charge in [0.15, 0.2) is 0 Å². The lowest BCUT2D eigenvalue weighted by atomic mass is 9.88. The quantitative estimate of drug-likeness (QED) is 0.0392. The van der Waals surface area contributed by atoms with E-state index in [2.05, 4.69) is 64.1 Å². The lowest BCUT2D eigenvalue weighted by Crippen LogP contribution is -2.11. The molecule has 3 aromatic carbocycles. The average Bonchev–Trinajstić information content (AvgIpc) is 3.17. The summed E-state index contributed by atoms with van der Waals surface area (Å²) in [5.74, 6) is 0.828. The fourth-order valence-electron chi connectivity index (χ4n) is 7.44. The van der Waals surface area contributed by atoms with Crippen LogP contribution in [0.4, 0.5) is 0 Å². The largest absolute Gasteiger partial charge is 0.423 e. The molecule has 0 saturated heterocycles. The summed E-state index contributed by atoms with van der Waals surface area (Å²) in [6, 6.07) is 24.6. The molecule has 52 heavy (non-hydrogen) atoms. The van der Waals surface area contributed by atoms with Crippen molar-refractivity contribution in [3.63, 3.8) is 0 Å². The second-order valence-corrected chi connectivity index (χ2v) is 15.3. The number of carbonyl (C=O) groups is 1. The molecule has 0 heterocycles. The molecule has 288 valence electrons. The minimum Gasteiger partial charge on any atom is -0.423 e. The van der Waals surface area contributed by atoms with Crippen molar-refractivity contribution < 1.29 is 14.3 Å². The number of unbranched alkanes of at least 4 members (excludes halogenated alkanes) is 18. The maximum absolute atomic E-state index is 13.3. The summed E-state index contributed by atoms with van der Waals surface area (Å²) >= 11 is 0. The second kappa shape index (κ2) is 27.7. The van der Waals surface area contributed by atoms with E-state index in [-0.39, 0.29) is 12.1 Å². The number of para-hydroxylation sites is 1. The van der Waals surface area contributed by atoms with E-state index in [9.17, 15) is 4.79 Å². The summed E-state index contributed by atoms with van der Waals surface area (Å²) in [4.78, 5) is 13.3. The first-order chi connectivity index (χ1) is 25.6. The second-order valence-electron chi connectivity index (χ2n) is 15.3. The van der Waals surface area contributed by atoms with Gasteiger partial charge in [-0.3, -0.25) is 0 Å². The minimum atomic E-state index is -0.297. The van der Waals surface area contributed by atoms with Gasteiger partial charge in [0.25, 0.3) is 0 Å². The normalized spacial score (nSPS) is 12.5. The van der Waals surface area contributed by atoms with Crippen molar-refractivity contribution in [2.45, 2.75) is 187 Å². The SMILES string of the molecule is CCCCCCCCCCCCCCCCOC(C)c1ccc(-c2ccc(C(=O)Oc3ccccc3C(CCC)CCCCCCCC)cc2)cc1. The molecule has 0 radical (unpaired) electrons. The molecular formula is C49H74O3. The van der Waals surface area contributed by atoms with Crippen LogP contribution < -0.4 is 4.74 Å². The van der Waals surface area contributed by atoms with Crippen molar-refractivity contribution in [1.82, 2.24) is 0 Å². The highest BCUT2D eigenvalue weighted by Gasteiger charge is 2.18. The van der Waals surface area contributed by atoms with E-state index in [1.807, 2.05) is 36.4 Å². The molecule has 2 unspecified atom stereocenters. The molecule has 3 rings (SSSR count). The van der Waals surface area contributed by atoms with Crippen LogP contribution in [0.15, 0.2) is 72.8 Å². The molecule has 0 aliphatic rings. The molecular weight excluding hydrogens is 637 g/mol. The summed E-state index contributed by atoms with van der Waals surface area (Å²) in [6.45, 7) is 9.77.